The van der Waals surface area contributed by atoms with E-state index in [0.717, 1.165) is 18.4 Å². The predicted molar refractivity (Wildman–Crippen MR) is 84.9 cm³/mol. The Balaban J connectivity index is 1.82. The normalized spacial score (nSPS) is 15.5. The van der Waals surface area contributed by atoms with Gasteiger partial charge in [0.05, 0.1) is 0 Å². The topological polar surface area (TPSA) is 79.5 Å². The zero-order valence-electron chi connectivity index (χ0n) is 11.9. The molecule has 1 aliphatic carbocycles. The Bertz CT molecular complexity index is 568. The molecule has 21 heavy (non-hydrogen) atoms. The molecule has 0 aromatic heterocycles. The number of guanidine groups is 1. The maximum absolute atomic E-state index is 11.8. The molecular weight excluding hydrogens is 264 g/mol. The molecule has 5 heteroatoms. The molecule has 5 nitrogen and oxygen atoms in total. The molecular formula is C16H20N4O. The Labute approximate surface area is 125 Å². The molecule has 0 radical (unpaired) electrons. The number of carbonyl (C=O) groups is 1. The summed E-state index contributed by atoms with van der Waals surface area (Å²) in [6, 6.07) is 7.51. The molecule has 1 amide bonds. The van der Waals surface area contributed by atoms with Crippen LogP contribution < -0.4 is 16.4 Å². The van der Waals surface area contributed by atoms with Gasteiger partial charge in [-0.1, -0.05) is 24.8 Å². The van der Waals surface area contributed by atoms with Crippen molar-refractivity contribution in [2.75, 3.05) is 11.9 Å². The van der Waals surface area contributed by atoms with E-state index in [1.807, 2.05) is 0 Å². The van der Waals surface area contributed by atoms with E-state index in [0.29, 0.717) is 17.7 Å². The Morgan fingerprint density at radius 2 is 2.19 bits per heavy atom. The van der Waals surface area contributed by atoms with E-state index < -0.39 is 0 Å². The molecule has 110 valence electrons. The van der Waals surface area contributed by atoms with Gasteiger partial charge in [-0.3, -0.25) is 4.79 Å². The molecule has 1 aromatic carbocycles. The van der Waals surface area contributed by atoms with Crippen molar-refractivity contribution < 1.29 is 4.79 Å². The number of aliphatic imine (C=N–C) groups is 1. The molecule has 0 unspecified atom stereocenters. The summed E-state index contributed by atoms with van der Waals surface area (Å²) in [7, 11) is 0. The predicted octanol–water partition coefficient (Wildman–Crippen LogP) is 1.45. The van der Waals surface area contributed by atoms with E-state index in [1.54, 1.807) is 24.3 Å². The van der Waals surface area contributed by atoms with Crippen LogP contribution in [0.4, 0.5) is 5.69 Å². The van der Waals surface area contributed by atoms with Crippen LogP contribution in [0.25, 0.3) is 0 Å². The van der Waals surface area contributed by atoms with Crippen molar-refractivity contribution in [1.82, 2.24) is 5.32 Å². The van der Waals surface area contributed by atoms with E-state index in [1.165, 1.54) is 12.8 Å². The molecule has 0 heterocycles. The quantitative estimate of drug-likeness (QED) is 0.445. The smallest absolute Gasteiger partial charge is 0.246 e. The zero-order valence-corrected chi connectivity index (χ0v) is 11.9. The molecule has 1 aliphatic rings. The number of anilines is 1. The van der Waals surface area contributed by atoms with Crippen LogP contribution in [0.15, 0.2) is 29.3 Å². The van der Waals surface area contributed by atoms with Gasteiger partial charge in [-0.2, -0.15) is 0 Å². The second kappa shape index (κ2) is 7.34. The summed E-state index contributed by atoms with van der Waals surface area (Å²) in [5.74, 6) is 2.63. The van der Waals surface area contributed by atoms with Crippen molar-refractivity contribution >= 4 is 17.6 Å². The summed E-state index contributed by atoms with van der Waals surface area (Å²) in [6.45, 7) is -0.00810. The molecule has 1 saturated carbocycles. The maximum Gasteiger partial charge on any atom is 0.246 e. The van der Waals surface area contributed by atoms with Crippen LogP contribution in [0.1, 0.15) is 31.2 Å². The lowest BCUT2D eigenvalue weighted by molar-refractivity contribution is -0.114. The number of nitrogens with two attached hydrogens (primary N) is 1. The average Bonchev–Trinajstić information content (AvgIpc) is 2.98. The number of nitrogens with one attached hydrogen (secondary N) is 2. The number of terminal acetylenes is 1. The van der Waals surface area contributed by atoms with Crippen molar-refractivity contribution in [1.29, 1.82) is 0 Å². The lowest BCUT2D eigenvalue weighted by Crippen LogP contribution is -2.39. The third kappa shape index (κ3) is 4.84. The summed E-state index contributed by atoms with van der Waals surface area (Å²) in [5, 5.41) is 5.88. The zero-order chi connectivity index (χ0) is 15.1. The van der Waals surface area contributed by atoms with Crippen LogP contribution in [0.3, 0.4) is 0 Å². The number of hydrogen-bond donors (Lipinski definition) is 3. The van der Waals surface area contributed by atoms with E-state index >= 15 is 0 Å². The minimum Gasteiger partial charge on any atom is -0.370 e. The fourth-order valence-corrected chi connectivity index (χ4v) is 2.37. The van der Waals surface area contributed by atoms with Crippen LogP contribution in [0, 0.1) is 12.3 Å². The molecule has 0 atom stereocenters. The Kier molecular flexibility index (Phi) is 5.22. The monoisotopic (exact) mass is 284 g/mol. The molecule has 0 bridgehead atoms. The van der Waals surface area contributed by atoms with Crippen LogP contribution in [0.5, 0.6) is 0 Å². The van der Waals surface area contributed by atoms with E-state index in [4.69, 9.17) is 12.2 Å². The van der Waals surface area contributed by atoms with E-state index in [2.05, 4.69) is 21.5 Å². The molecule has 0 aliphatic heterocycles. The summed E-state index contributed by atoms with van der Waals surface area (Å²) >= 11 is 0. The molecule has 0 saturated heterocycles. The SMILES string of the molecule is C#Cc1cccc(NC(=O)CN=C(N)NC2CCCC2)c1. The van der Waals surface area contributed by atoms with Crippen molar-refractivity contribution in [3.63, 3.8) is 0 Å². The summed E-state index contributed by atoms with van der Waals surface area (Å²) in [6.07, 6.45) is 9.98. The lowest BCUT2D eigenvalue weighted by atomic mass is 10.2. The fraction of sp³-hybridized carbons (Fsp3) is 0.375. The highest BCUT2D eigenvalue weighted by molar-refractivity contribution is 5.94. The van der Waals surface area contributed by atoms with E-state index in [9.17, 15) is 4.79 Å². The largest absolute Gasteiger partial charge is 0.370 e. The maximum atomic E-state index is 11.8. The first-order chi connectivity index (χ1) is 10.2. The van der Waals surface area contributed by atoms with Gasteiger partial charge >= 0.3 is 0 Å². The van der Waals surface area contributed by atoms with Crippen molar-refractivity contribution in [3.05, 3.63) is 29.8 Å². The average molecular weight is 284 g/mol. The number of carbonyl (C=O) groups excluding carboxylic acids is 1. The lowest BCUT2D eigenvalue weighted by Gasteiger charge is -2.12. The number of hydrogen-bond acceptors (Lipinski definition) is 2. The Hall–Kier alpha value is -2.48. The Morgan fingerprint density at radius 1 is 1.43 bits per heavy atom. The van der Waals surface area contributed by atoms with Gasteiger partial charge in [0.15, 0.2) is 5.96 Å². The molecule has 4 N–H and O–H groups in total. The minimum atomic E-state index is -0.222. The van der Waals surface area contributed by atoms with Crippen molar-refractivity contribution in [3.8, 4) is 12.3 Å². The Morgan fingerprint density at radius 3 is 2.90 bits per heavy atom. The van der Waals surface area contributed by atoms with E-state index in [-0.39, 0.29) is 12.5 Å². The van der Waals surface area contributed by atoms with Gasteiger partial charge in [0.2, 0.25) is 5.91 Å². The van der Waals surface area contributed by atoms with Gasteiger partial charge in [0.1, 0.15) is 6.54 Å². The number of benzene rings is 1. The highest BCUT2D eigenvalue weighted by atomic mass is 16.1. The van der Waals surface area contributed by atoms with Gasteiger partial charge in [-0.05, 0) is 31.0 Å². The molecule has 1 aromatic rings. The minimum absolute atomic E-state index is 0.00810. The van der Waals surface area contributed by atoms with Gasteiger partial charge < -0.3 is 16.4 Å². The summed E-state index contributed by atoms with van der Waals surface area (Å²) in [4.78, 5) is 15.9. The highest BCUT2D eigenvalue weighted by Crippen LogP contribution is 2.17. The van der Waals surface area contributed by atoms with Crippen LogP contribution in [-0.4, -0.2) is 24.5 Å². The molecule has 1 fully saturated rings. The third-order valence-corrected chi connectivity index (χ3v) is 3.41. The number of rotatable bonds is 4. The van der Waals surface area contributed by atoms with Gasteiger partial charge in [-0.15, -0.1) is 6.42 Å². The second-order valence-corrected chi connectivity index (χ2v) is 5.10. The second-order valence-electron chi connectivity index (χ2n) is 5.10. The third-order valence-electron chi connectivity index (χ3n) is 3.41. The van der Waals surface area contributed by atoms with Crippen LogP contribution >= 0.6 is 0 Å². The van der Waals surface area contributed by atoms with Crippen LogP contribution in [-0.2, 0) is 4.79 Å². The molecule has 0 spiro atoms. The highest BCUT2D eigenvalue weighted by Gasteiger charge is 2.14. The first kappa shape index (κ1) is 14.9. The van der Waals surface area contributed by atoms with Gasteiger partial charge in [0.25, 0.3) is 0 Å². The summed E-state index contributed by atoms with van der Waals surface area (Å²) < 4.78 is 0. The van der Waals surface area contributed by atoms with Crippen molar-refractivity contribution in [2.45, 2.75) is 31.7 Å². The number of amides is 1. The standard InChI is InChI=1S/C16H20N4O/c1-2-12-6-5-9-14(10-12)19-15(21)11-18-16(17)20-13-7-3-4-8-13/h1,5-6,9-10,13H,3-4,7-8,11H2,(H,19,21)(H3,17,18,20). The number of nitrogens with zero attached hydrogens (tertiary/aromatic N) is 1. The molecule has 2 rings (SSSR count). The van der Waals surface area contributed by atoms with Gasteiger partial charge in [0, 0.05) is 17.3 Å². The first-order valence-electron chi connectivity index (χ1n) is 7.10. The summed E-state index contributed by atoms with van der Waals surface area (Å²) in [5.41, 5.74) is 7.15. The van der Waals surface area contributed by atoms with Crippen molar-refractivity contribution in [2.24, 2.45) is 10.7 Å². The fourth-order valence-electron chi connectivity index (χ4n) is 2.37. The first-order valence-corrected chi connectivity index (χ1v) is 7.10. The van der Waals surface area contributed by atoms with Gasteiger partial charge in [-0.25, -0.2) is 4.99 Å². The van der Waals surface area contributed by atoms with Crippen LogP contribution in [0.2, 0.25) is 0 Å².